The van der Waals surface area contributed by atoms with E-state index >= 15 is 0 Å². The maximum Gasteiger partial charge on any atom is 0.306 e. The van der Waals surface area contributed by atoms with E-state index in [0.717, 1.165) is 64.2 Å². The fraction of sp³-hybridized carbons (Fsp3) is 0.935. The summed E-state index contributed by atoms with van der Waals surface area (Å²) in [5, 5.41) is 0. The Labute approximate surface area is 520 Å². The number of ether oxygens (including phenoxy) is 3. The molecule has 0 aromatic rings. The molecule has 6 nitrogen and oxygen atoms in total. The molecule has 0 amide bonds. The SMILES string of the molecule is CCCCCCCC/C=C\CCCCCCCC(=O)OC(COC(=O)CCCCCCCCCCCCCCCCC)COC(=O)CCCCCCCCCCCCCCCCCCCCCCCCCCCCCCCCCCCCC. The third-order valence-electron chi connectivity index (χ3n) is 17.8. The Morgan fingerprint density at radius 2 is 0.398 bits per heavy atom. The first kappa shape index (κ1) is 81.2. The van der Waals surface area contributed by atoms with Crippen molar-refractivity contribution in [3.05, 3.63) is 12.2 Å². The zero-order chi connectivity index (χ0) is 59.9. The van der Waals surface area contributed by atoms with Crippen LogP contribution in [0.1, 0.15) is 445 Å². The van der Waals surface area contributed by atoms with E-state index < -0.39 is 6.10 Å². The van der Waals surface area contributed by atoms with Crippen molar-refractivity contribution in [1.29, 1.82) is 0 Å². The minimum Gasteiger partial charge on any atom is -0.462 e. The summed E-state index contributed by atoms with van der Waals surface area (Å²) >= 11 is 0. The lowest BCUT2D eigenvalue weighted by Gasteiger charge is -2.18. The van der Waals surface area contributed by atoms with Crippen molar-refractivity contribution in [3.8, 4) is 0 Å². The van der Waals surface area contributed by atoms with Gasteiger partial charge in [0.15, 0.2) is 6.10 Å². The number of hydrogen-bond donors (Lipinski definition) is 0. The first-order valence-electron chi connectivity index (χ1n) is 38.2. The van der Waals surface area contributed by atoms with E-state index in [4.69, 9.17) is 14.2 Å². The molecule has 0 heterocycles. The maximum atomic E-state index is 12.9. The fourth-order valence-corrected chi connectivity index (χ4v) is 12.0. The Kier molecular flexibility index (Phi) is 71.0. The fourth-order valence-electron chi connectivity index (χ4n) is 12.0. The Hall–Kier alpha value is -1.85. The van der Waals surface area contributed by atoms with Gasteiger partial charge in [-0.05, 0) is 44.9 Å². The van der Waals surface area contributed by atoms with Crippen molar-refractivity contribution in [2.45, 2.75) is 451 Å². The lowest BCUT2D eigenvalue weighted by atomic mass is 10.0. The Balaban J connectivity index is 4.04. The van der Waals surface area contributed by atoms with Crippen LogP contribution in [0.4, 0.5) is 0 Å². The maximum absolute atomic E-state index is 12.9. The molecule has 0 aromatic heterocycles. The molecule has 0 fully saturated rings. The summed E-state index contributed by atoms with van der Waals surface area (Å²) in [6.45, 7) is 6.72. The van der Waals surface area contributed by atoms with E-state index in [-0.39, 0.29) is 31.1 Å². The Bertz CT molecular complexity index is 1300. The molecule has 1 atom stereocenters. The van der Waals surface area contributed by atoms with Gasteiger partial charge in [-0.25, -0.2) is 0 Å². The third-order valence-corrected chi connectivity index (χ3v) is 17.8. The molecule has 0 aliphatic carbocycles. The van der Waals surface area contributed by atoms with Gasteiger partial charge in [0.25, 0.3) is 0 Å². The van der Waals surface area contributed by atoms with Crippen molar-refractivity contribution in [3.63, 3.8) is 0 Å². The molecular weight excluding hydrogens is 1020 g/mol. The van der Waals surface area contributed by atoms with Gasteiger partial charge in [0.1, 0.15) is 13.2 Å². The standard InChI is InChI=1S/C77H148O6/c1-4-7-10-13-16-19-22-25-28-29-30-31-32-33-34-35-36-37-38-39-40-41-42-43-44-45-46-47-50-52-55-58-61-64-67-70-76(79)82-73-74(83-77(80)71-68-65-62-59-56-53-49-27-24-21-18-15-12-9-6-3)72-81-75(78)69-66-63-60-57-54-51-48-26-23-20-17-14-11-8-5-2/h27,49,74H,4-26,28-48,50-73H2,1-3H3/b49-27-. The Morgan fingerprint density at radius 3 is 0.602 bits per heavy atom. The van der Waals surface area contributed by atoms with E-state index in [1.165, 1.54) is 340 Å². The van der Waals surface area contributed by atoms with Crippen LogP contribution in [0.25, 0.3) is 0 Å². The van der Waals surface area contributed by atoms with Crippen molar-refractivity contribution in [2.24, 2.45) is 0 Å². The van der Waals surface area contributed by atoms with Crippen LogP contribution in [-0.4, -0.2) is 37.2 Å². The summed E-state index contributed by atoms with van der Waals surface area (Å²) in [4.78, 5) is 38.4. The third kappa shape index (κ3) is 70.8. The second-order valence-electron chi connectivity index (χ2n) is 26.3. The van der Waals surface area contributed by atoms with Crippen LogP contribution in [0, 0.1) is 0 Å². The minimum atomic E-state index is -0.771. The van der Waals surface area contributed by atoms with E-state index in [2.05, 4.69) is 32.9 Å². The van der Waals surface area contributed by atoms with Crippen molar-refractivity contribution in [2.75, 3.05) is 13.2 Å². The lowest BCUT2D eigenvalue weighted by molar-refractivity contribution is -0.167. The van der Waals surface area contributed by atoms with Crippen molar-refractivity contribution >= 4 is 17.9 Å². The molecule has 0 rings (SSSR count). The molecule has 0 aromatic carbocycles. The van der Waals surface area contributed by atoms with Crippen LogP contribution in [0.15, 0.2) is 12.2 Å². The van der Waals surface area contributed by atoms with Gasteiger partial charge in [-0.1, -0.05) is 392 Å². The number of unbranched alkanes of at least 4 members (excludes halogenated alkanes) is 59. The molecule has 1 unspecified atom stereocenters. The van der Waals surface area contributed by atoms with E-state index in [9.17, 15) is 14.4 Å². The molecule has 0 aliphatic heterocycles. The number of rotatable bonds is 72. The molecule has 0 spiro atoms. The summed E-state index contributed by atoms with van der Waals surface area (Å²) in [7, 11) is 0. The first-order chi connectivity index (χ1) is 41.0. The number of allylic oxidation sites excluding steroid dienone is 2. The largest absolute Gasteiger partial charge is 0.462 e. The van der Waals surface area contributed by atoms with Gasteiger partial charge < -0.3 is 14.2 Å². The number of hydrogen-bond acceptors (Lipinski definition) is 6. The highest BCUT2D eigenvalue weighted by molar-refractivity contribution is 5.71. The van der Waals surface area contributed by atoms with Gasteiger partial charge in [-0.15, -0.1) is 0 Å². The second-order valence-corrected chi connectivity index (χ2v) is 26.3. The molecule has 0 bridgehead atoms. The van der Waals surface area contributed by atoms with E-state index in [1.807, 2.05) is 0 Å². The predicted octanol–water partition coefficient (Wildman–Crippen LogP) is 26.3. The predicted molar refractivity (Wildman–Crippen MR) is 363 cm³/mol. The van der Waals surface area contributed by atoms with Crippen molar-refractivity contribution in [1.82, 2.24) is 0 Å². The summed E-state index contributed by atoms with van der Waals surface area (Å²) < 4.78 is 17.0. The van der Waals surface area contributed by atoms with E-state index in [0.29, 0.717) is 19.3 Å². The average Bonchev–Trinajstić information content (AvgIpc) is 3.50. The van der Waals surface area contributed by atoms with Crippen LogP contribution in [0.3, 0.4) is 0 Å². The lowest BCUT2D eigenvalue weighted by Crippen LogP contribution is -2.30. The molecule has 83 heavy (non-hydrogen) atoms. The molecule has 6 heteroatoms. The first-order valence-corrected chi connectivity index (χ1v) is 38.2. The monoisotopic (exact) mass is 1170 g/mol. The molecule has 0 saturated heterocycles. The van der Waals surface area contributed by atoms with Crippen molar-refractivity contribution < 1.29 is 28.6 Å². The zero-order valence-electron chi connectivity index (χ0n) is 56.8. The van der Waals surface area contributed by atoms with Crippen LogP contribution < -0.4 is 0 Å². The van der Waals surface area contributed by atoms with Crippen LogP contribution in [0.2, 0.25) is 0 Å². The van der Waals surface area contributed by atoms with Gasteiger partial charge >= 0.3 is 17.9 Å². The quantitative estimate of drug-likeness (QED) is 0.0261. The highest BCUT2D eigenvalue weighted by Gasteiger charge is 2.20. The number of esters is 3. The van der Waals surface area contributed by atoms with Gasteiger partial charge in [0.2, 0.25) is 0 Å². The number of carbonyl (C=O) groups is 3. The molecular formula is C77H148O6. The summed E-state index contributed by atoms with van der Waals surface area (Å²) in [5.41, 5.74) is 0. The Morgan fingerprint density at radius 1 is 0.229 bits per heavy atom. The smallest absolute Gasteiger partial charge is 0.306 e. The molecule has 0 radical (unpaired) electrons. The molecule has 0 saturated carbocycles. The van der Waals surface area contributed by atoms with Crippen LogP contribution in [-0.2, 0) is 28.6 Å². The summed E-state index contributed by atoms with van der Waals surface area (Å²) in [5.74, 6) is -0.839. The minimum absolute atomic E-state index is 0.0666. The molecule has 0 N–H and O–H groups in total. The highest BCUT2D eigenvalue weighted by Crippen LogP contribution is 2.20. The van der Waals surface area contributed by atoms with Crippen LogP contribution in [0.5, 0.6) is 0 Å². The van der Waals surface area contributed by atoms with E-state index in [1.54, 1.807) is 0 Å². The van der Waals surface area contributed by atoms with Gasteiger partial charge in [0, 0.05) is 19.3 Å². The average molecular weight is 1170 g/mol. The van der Waals surface area contributed by atoms with Gasteiger partial charge in [-0.3, -0.25) is 14.4 Å². The number of carbonyl (C=O) groups excluding carboxylic acids is 3. The van der Waals surface area contributed by atoms with Gasteiger partial charge in [0.05, 0.1) is 0 Å². The second kappa shape index (κ2) is 72.6. The van der Waals surface area contributed by atoms with Gasteiger partial charge in [-0.2, -0.15) is 0 Å². The molecule has 492 valence electrons. The zero-order valence-corrected chi connectivity index (χ0v) is 56.8. The molecule has 0 aliphatic rings. The summed E-state index contributed by atoms with van der Waals surface area (Å²) in [6.07, 6.45) is 88.5. The normalized spacial score (nSPS) is 12.0. The topological polar surface area (TPSA) is 78.9 Å². The summed E-state index contributed by atoms with van der Waals surface area (Å²) in [6, 6.07) is 0. The van der Waals surface area contributed by atoms with Crippen LogP contribution >= 0.6 is 0 Å². The highest BCUT2D eigenvalue weighted by atomic mass is 16.6.